The van der Waals surface area contributed by atoms with Crippen molar-refractivity contribution in [1.82, 2.24) is 0 Å². The molecule has 0 saturated carbocycles. The van der Waals surface area contributed by atoms with E-state index in [-0.39, 0.29) is 13.0 Å². The minimum absolute atomic E-state index is 0.128. The summed E-state index contributed by atoms with van der Waals surface area (Å²) in [6, 6.07) is 0. The number of cyclic esters (lactones) is 1. The fourth-order valence-corrected chi connectivity index (χ4v) is 4.22. The average Bonchev–Trinajstić information content (AvgIpc) is 2.98. The Kier molecular flexibility index (Phi) is 4.53. The molecule has 2 unspecified atom stereocenters. The maximum absolute atomic E-state index is 12.7. The van der Waals surface area contributed by atoms with Crippen LogP contribution < -0.4 is 0 Å². The quantitative estimate of drug-likeness (QED) is 0.283. The van der Waals surface area contributed by atoms with Crippen molar-refractivity contribution in [2.45, 2.75) is 51.0 Å². The van der Waals surface area contributed by atoms with Crippen LogP contribution in [-0.2, 0) is 19.1 Å². The van der Waals surface area contributed by atoms with E-state index in [1.54, 1.807) is 19.9 Å². The minimum atomic E-state index is -1.75. The molecule has 26 heavy (non-hydrogen) atoms. The molecule has 3 aliphatic heterocycles. The molecule has 3 heterocycles. The van der Waals surface area contributed by atoms with Crippen LogP contribution in [0.15, 0.2) is 23.3 Å². The first-order valence-electron chi connectivity index (χ1n) is 9.08. The molecule has 5 atom stereocenters. The molecule has 2 saturated heterocycles. The van der Waals surface area contributed by atoms with Gasteiger partial charge in [-0.25, -0.2) is 9.59 Å². The van der Waals surface area contributed by atoms with Crippen molar-refractivity contribution in [3.63, 3.8) is 0 Å². The summed E-state index contributed by atoms with van der Waals surface area (Å²) in [5.74, 6) is -1.80. The average molecular weight is 366 g/mol. The molecule has 144 valence electrons. The van der Waals surface area contributed by atoms with Crippen LogP contribution in [0.1, 0.15) is 33.6 Å². The summed E-state index contributed by atoms with van der Waals surface area (Å²) in [6.45, 7) is 5.89. The van der Waals surface area contributed by atoms with Gasteiger partial charge in [-0.2, -0.15) is 0 Å². The lowest BCUT2D eigenvalue weighted by Crippen LogP contribution is -2.61. The highest BCUT2D eigenvalue weighted by Gasteiger charge is 2.65. The van der Waals surface area contributed by atoms with E-state index in [1.807, 2.05) is 13.1 Å². The van der Waals surface area contributed by atoms with E-state index in [0.29, 0.717) is 35.1 Å². The number of nitrogens with zero attached hydrogens (tertiary/aromatic N) is 1. The standard InChI is InChI=1S/C19H28NO6/c1-5-13-10-12(2)18(3,23)17(22)25-11-14-6-8-20(4)9-7-15(19(14,20)24)26-16(13)21/h5-6,12,15,23-24H,7-11H2,1-4H3/q+1/b13-5-/t12-,15+,18+,19?,20?/m0/s1. The Morgan fingerprint density at radius 3 is 2.69 bits per heavy atom. The normalized spacial score (nSPS) is 45.3. The zero-order valence-electron chi connectivity index (χ0n) is 15.8. The number of ether oxygens (including phenoxy) is 2. The number of carbonyl (C=O) groups excluding carboxylic acids is 2. The number of likely N-dealkylation sites (N-methyl/N-ethyl adjacent to an activating group) is 1. The Hall–Kier alpha value is -1.70. The summed E-state index contributed by atoms with van der Waals surface area (Å²) < 4.78 is 11.4. The third-order valence-electron chi connectivity index (χ3n) is 6.49. The molecule has 3 aliphatic rings. The maximum atomic E-state index is 12.7. The van der Waals surface area contributed by atoms with E-state index in [9.17, 15) is 19.8 Å². The van der Waals surface area contributed by atoms with E-state index >= 15 is 0 Å². The molecule has 0 aromatic carbocycles. The van der Waals surface area contributed by atoms with Crippen molar-refractivity contribution in [2.75, 3.05) is 26.7 Å². The number of hydrogen-bond donors (Lipinski definition) is 2. The van der Waals surface area contributed by atoms with Crippen LogP contribution in [0.4, 0.5) is 0 Å². The van der Waals surface area contributed by atoms with Crippen LogP contribution in [0.2, 0.25) is 0 Å². The summed E-state index contributed by atoms with van der Waals surface area (Å²) in [5.41, 5.74) is -2.26. The van der Waals surface area contributed by atoms with Gasteiger partial charge in [0.05, 0.1) is 19.2 Å². The van der Waals surface area contributed by atoms with Crippen molar-refractivity contribution in [3.05, 3.63) is 23.3 Å². The smallest absolute Gasteiger partial charge is 0.338 e. The van der Waals surface area contributed by atoms with E-state index in [0.717, 1.165) is 0 Å². The number of hydrogen-bond acceptors (Lipinski definition) is 6. The molecule has 0 radical (unpaired) electrons. The Bertz CT molecular complexity index is 696. The minimum Gasteiger partial charge on any atom is -0.459 e. The Labute approximate surface area is 153 Å². The monoisotopic (exact) mass is 366 g/mol. The fourth-order valence-electron chi connectivity index (χ4n) is 4.22. The lowest BCUT2D eigenvalue weighted by Gasteiger charge is -2.40. The molecule has 0 bridgehead atoms. The van der Waals surface area contributed by atoms with E-state index in [2.05, 4.69) is 0 Å². The molecule has 0 aromatic heterocycles. The van der Waals surface area contributed by atoms with Gasteiger partial charge in [-0.1, -0.05) is 13.0 Å². The number of esters is 2. The molecule has 0 amide bonds. The number of allylic oxidation sites excluding steroid dienone is 1. The molecular weight excluding hydrogens is 338 g/mol. The van der Waals surface area contributed by atoms with Gasteiger partial charge < -0.3 is 19.7 Å². The summed E-state index contributed by atoms with van der Waals surface area (Å²) in [6.07, 6.45) is 3.49. The first-order chi connectivity index (χ1) is 12.1. The second-order valence-electron chi connectivity index (χ2n) is 8.08. The predicted molar refractivity (Wildman–Crippen MR) is 92.6 cm³/mol. The van der Waals surface area contributed by atoms with E-state index < -0.39 is 35.3 Å². The highest BCUT2D eigenvalue weighted by atomic mass is 16.6. The lowest BCUT2D eigenvalue weighted by atomic mass is 9.85. The summed E-state index contributed by atoms with van der Waals surface area (Å²) >= 11 is 0. The van der Waals surface area contributed by atoms with Gasteiger partial charge in [-0.3, -0.25) is 4.48 Å². The molecule has 2 N–H and O–H groups in total. The second kappa shape index (κ2) is 6.18. The molecule has 0 spiro atoms. The highest BCUT2D eigenvalue weighted by Crippen LogP contribution is 2.45. The zero-order chi connectivity index (χ0) is 19.3. The van der Waals surface area contributed by atoms with Crippen LogP contribution in [0.25, 0.3) is 0 Å². The van der Waals surface area contributed by atoms with E-state index in [4.69, 9.17) is 9.47 Å². The van der Waals surface area contributed by atoms with Crippen LogP contribution in [0.3, 0.4) is 0 Å². The van der Waals surface area contributed by atoms with Gasteiger partial charge >= 0.3 is 11.9 Å². The van der Waals surface area contributed by atoms with Gasteiger partial charge in [0.2, 0.25) is 0 Å². The third-order valence-corrected chi connectivity index (χ3v) is 6.49. The van der Waals surface area contributed by atoms with Gasteiger partial charge in [0.25, 0.3) is 5.72 Å². The van der Waals surface area contributed by atoms with Gasteiger partial charge in [0.1, 0.15) is 13.2 Å². The lowest BCUT2D eigenvalue weighted by molar-refractivity contribution is -0.955. The van der Waals surface area contributed by atoms with Gasteiger partial charge in [0.15, 0.2) is 11.7 Å². The molecule has 2 fully saturated rings. The first kappa shape index (κ1) is 19.1. The van der Waals surface area contributed by atoms with Crippen LogP contribution in [0, 0.1) is 5.92 Å². The molecule has 7 nitrogen and oxygen atoms in total. The zero-order valence-corrected chi connectivity index (χ0v) is 15.8. The first-order valence-corrected chi connectivity index (χ1v) is 9.08. The van der Waals surface area contributed by atoms with Crippen LogP contribution in [0.5, 0.6) is 0 Å². The van der Waals surface area contributed by atoms with Gasteiger partial charge in [-0.05, 0) is 32.3 Å². The Balaban J connectivity index is 2.01. The molecule has 7 heteroatoms. The third kappa shape index (κ3) is 2.61. The summed E-state index contributed by atoms with van der Waals surface area (Å²) in [5, 5.41) is 22.1. The van der Waals surface area contributed by atoms with Crippen molar-refractivity contribution >= 4 is 11.9 Å². The second-order valence-corrected chi connectivity index (χ2v) is 8.08. The maximum Gasteiger partial charge on any atom is 0.338 e. The topological polar surface area (TPSA) is 93.1 Å². The Morgan fingerprint density at radius 1 is 1.35 bits per heavy atom. The van der Waals surface area contributed by atoms with E-state index in [1.165, 1.54) is 6.92 Å². The van der Waals surface area contributed by atoms with Crippen molar-refractivity contribution in [1.29, 1.82) is 0 Å². The predicted octanol–water partition coefficient (Wildman–Crippen LogP) is 0.657. The Morgan fingerprint density at radius 2 is 2.04 bits per heavy atom. The highest BCUT2D eigenvalue weighted by molar-refractivity contribution is 5.89. The number of rotatable bonds is 0. The molecule has 0 aliphatic carbocycles. The fraction of sp³-hybridized carbons (Fsp3) is 0.684. The van der Waals surface area contributed by atoms with Crippen molar-refractivity contribution < 1.29 is 33.8 Å². The van der Waals surface area contributed by atoms with Gasteiger partial charge in [-0.15, -0.1) is 0 Å². The van der Waals surface area contributed by atoms with Gasteiger partial charge in [0, 0.05) is 12.0 Å². The number of aliphatic hydroxyl groups is 2. The number of quaternary nitrogens is 1. The summed E-state index contributed by atoms with van der Waals surface area (Å²) in [4.78, 5) is 25.2. The van der Waals surface area contributed by atoms with Crippen LogP contribution >= 0.6 is 0 Å². The summed E-state index contributed by atoms with van der Waals surface area (Å²) in [7, 11) is 1.90. The largest absolute Gasteiger partial charge is 0.459 e. The molecule has 0 aromatic rings. The SMILES string of the molecule is C/C=C1/C[C@H](C)[C@@](C)(O)C(=O)OCC2=CC[N+]3(C)CC[C@@H](OC1=O)C23O. The molecule has 3 rings (SSSR count). The molecular formula is C19H28NO6+. The van der Waals surface area contributed by atoms with Crippen LogP contribution in [-0.4, -0.2) is 70.8 Å². The number of carbonyl (C=O) groups is 2. The van der Waals surface area contributed by atoms with Crippen molar-refractivity contribution in [2.24, 2.45) is 5.92 Å². The van der Waals surface area contributed by atoms with Crippen molar-refractivity contribution in [3.8, 4) is 0 Å².